The molecule has 8 heteroatoms. The van der Waals surface area contributed by atoms with Gasteiger partial charge in [-0.25, -0.2) is 9.78 Å². The van der Waals surface area contributed by atoms with E-state index in [2.05, 4.69) is 10.3 Å². The van der Waals surface area contributed by atoms with Crippen molar-refractivity contribution in [3.63, 3.8) is 0 Å². The number of benzene rings is 1. The summed E-state index contributed by atoms with van der Waals surface area (Å²) in [6.45, 7) is 0. The number of carbonyl (C=O) groups excluding carboxylic acids is 1. The molecule has 0 unspecified atom stereocenters. The van der Waals surface area contributed by atoms with Gasteiger partial charge in [0.25, 0.3) is 0 Å². The van der Waals surface area contributed by atoms with Gasteiger partial charge in [0.1, 0.15) is 0 Å². The Hall–Kier alpha value is -3.55. The van der Waals surface area contributed by atoms with Crippen molar-refractivity contribution < 1.29 is 28.9 Å². The van der Waals surface area contributed by atoms with Crippen molar-refractivity contribution in [3.05, 3.63) is 41.2 Å². The number of aliphatic carboxylic acids is 1. The van der Waals surface area contributed by atoms with E-state index in [-0.39, 0.29) is 5.57 Å². The topological polar surface area (TPSA) is 107 Å². The molecule has 158 valence electrons. The van der Waals surface area contributed by atoms with Crippen molar-refractivity contribution in [1.29, 1.82) is 0 Å². The van der Waals surface area contributed by atoms with Gasteiger partial charge >= 0.3 is 5.97 Å². The molecule has 0 saturated heterocycles. The number of amides is 1. The van der Waals surface area contributed by atoms with Gasteiger partial charge in [-0.1, -0.05) is 0 Å². The first kappa shape index (κ1) is 21.2. The summed E-state index contributed by atoms with van der Waals surface area (Å²) in [5, 5.41) is 12.7. The molecular formula is C22H24N2O6. The average Bonchev–Trinajstić information content (AvgIpc) is 2.76. The van der Waals surface area contributed by atoms with Gasteiger partial charge in [0.15, 0.2) is 11.5 Å². The standard InChI is InChI=1S/C22H24N2O6/c1-28-18-12-17-14(20(29-2)21(18)30-3)10-8-13(23-17)9-11-19(25)24-16-7-5-4-6-15(16)22(26)27/h8-12H,4-7H2,1-3H3,(H,24,25)(H,26,27)/b11-9+. The van der Waals surface area contributed by atoms with Crippen LogP contribution in [0.4, 0.5) is 0 Å². The molecule has 0 fully saturated rings. The minimum absolute atomic E-state index is 0.278. The third-order valence-electron chi connectivity index (χ3n) is 4.92. The van der Waals surface area contributed by atoms with Crippen LogP contribution in [-0.4, -0.2) is 43.3 Å². The number of carboxylic acid groups (broad SMARTS) is 1. The zero-order valence-electron chi connectivity index (χ0n) is 17.2. The number of carbonyl (C=O) groups is 2. The van der Waals surface area contributed by atoms with Crippen molar-refractivity contribution in [2.75, 3.05) is 21.3 Å². The summed E-state index contributed by atoms with van der Waals surface area (Å²) in [6, 6.07) is 5.32. The highest BCUT2D eigenvalue weighted by molar-refractivity contribution is 5.96. The van der Waals surface area contributed by atoms with E-state index < -0.39 is 11.9 Å². The number of hydrogen-bond donors (Lipinski definition) is 2. The summed E-state index contributed by atoms with van der Waals surface area (Å²) < 4.78 is 16.2. The molecule has 0 saturated carbocycles. The molecule has 8 nitrogen and oxygen atoms in total. The van der Waals surface area contributed by atoms with E-state index in [1.807, 2.05) is 6.07 Å². The molecule has 1 amide bonds. The van der Waals surface area contributed by atoms with E-state index in [0.717, 1.165) is 18.2 Å². The number of nitrogens with one attached hydrogen (secondary N) is 1. The summed E-state index contributed by atoms with van der Waals surface area (Å²) in [5.41, 5.74) is 1.94. The number of ether oxygens (including phenoxy) is 3. The van der Waals surface area contributed by atoms with Gasteiger partial charge in [-0.05, 0) is 43.9 Å². The maximum absolute atomic E-state index is 12.3. The van der Waals surface area contributed by atoms with Gasteiger partial charge in [0.2, 0.25) is 11.7 Å². The Labute approximate surface area is 174 Å². The first-order valence-corrected chi connectivity index (χ1v) is 9.52. The minimum atomic E-state index is -0.983. The average molecular weight is 412 g/mol. The lowest BCUT2D eigenvalue weighted by atomic mass is 9.96. The van der Waals surface area contributed by atoms with Crippen LogP contribution < -0.4 is 19.5 Å². The molecule has 0 bridgehead atoms. The van der Waals surface area contributed by atoms with Gasteiger partial charge in [0.05, 0.1) is 38.1 Å². The van der Waals surface area contributed by atoms with Gasteiger partial charge in [-0.3, -0.25) is 4.79 Å². The first-order chi connectivity index (χ1) is 14.5. The van der Waals surface area contributed by atoms with Gasteiger partial charge in [-0.2, -0.15) is 0 Å². The highest BCUT2D eigenvalue weighted by atomic mass is 16.5. The third kappa shape index (κ3) is 4.37. The van der Waals surface area contributed by atoms with Crippen LogP contribution in [-0.2, 0) is 9.59 Å². The molecule has 0 spiro atoms. The summed E-state index contributed by atoms with van der Waals surface area (Å²) in [7, 11) is 4.61. The highest BCUT2D eigenvalue weighted by Gasteiger charge is 2.19. The molecule has 1 heterocycles. The zero-order valence-corrected chi connectivity index (χ0v) is 17.2. The first-order valence-electron chi connectivity index (χ1n) is 9.52. The molecule has 0 atom stereocenters. The van der Waals surface area contributed by atoms with Crippen molar-refractivity contribution >= 4 is 28.9 Å². The Bertz CT molecular complexity index is 1040. The lowest BCUT2D eigenvalue weighted by Gasteiger charge is -2.17. The fourth-order valence-corrected chi connectivity index (χ4v) is 3.49. The fourth-order valence-electron chi connectivity index (χ4n) is 3.49. The van der Waals surface area contributed by atoms with Crippen molar-refractivity contribution in [2.24, 2.45) is 0 Å². The Morgan fingerprint density at radius 3 is 2.47 bits per heavy atom. The van der Waals surface area contributed by atoms with Crippen LogP contribution in [0.25, 0.3) is 17.0 Å². The van der Waals surface area contributed by atoms with E-state index in [1.54, 1.807) is 25.3 Å². The molecule has 3 rings (SSSR count). The molecule has 1 aromatic carbocycles. The van der Waals surface area contributed by atoms with E-state index in [0.29, 0.717) is 47.0 Å². The quantitative estimate of drug-likeness (QED) is 0.672. The zero-order chi connectivity index (χ0) is 21.7. The molecule has 2 aromatic rings. The number of hydrogen-bond acceptors (Lipinski definition) is 6. The lowest BCUT2D eigenvalue weighted by Crippen LogP contribution is -2.25. The second kappa shape index (κ2) is 9.30. The van der Waals surface area contributed by atoms with Crippen molar-refractivity contribution in [3.8, 4) is 17.2 Å². The summed E-state index contributed by atoms with van der Waals surface area (Å²) in [5.74, 6) is 0.101. The minimum Gasteiger partial charge on any atom is -0.493 e. The number of carboxylic acids is 1. The number of rotatable bonds is 7. The second-order valence-electron chi connectivity index (χ2n) is 6.74. The highest BCUT2D eigenvalue weighted by Crippen LogP contribution is 2.42. The number of fused-ring (bicyclic) bond motifs is 1. The van der Waals surface area contributed by atoms with Crippen LogP contribution in [0, 0.1) is 0 Å². The molecular weight excluding hydrogens is 388 g/mol. The smallest absolute Gasteiger partial charge is 0.333 e. The largest absolute Gasteiger partial charge is 0.493 e. The summed E-state index contributed by atoms with van der Waals surface area (Å²) in [4.78, 5) is 28.2. The van der Waals surface area contributed by atoms with E-state index in [4.69, 9.17) is 14.2 Å². The maximum atomic E-state index is 12.3. The van der Waals surface area contributed by atoms with Crippen LogP contribution in [0.5, 0.6) is 17.2 Å². The van der Waals surface area contributed by atoms with Gasteiger partial charge < -0.3 is 24.6 Å². The maximum Gasteiger partial charge on any atom is 0.333 e. The summed E-state index contributed by atoms with van der Waals surface area (Å²) in [6.07, 6.45) is 5.60. The number of aromatic nitrogens is 1. The van der Waals surface area contributed by atoms with Crippen LogP contribution >= 0.6 is 0 Å². The molecule has 2 N–H and O–H groups in total. The van der Waals surface area contributed by atoms with Crippen molar-refractivity contribution in [2.45, 2.75) is 25.7 Å². The predicted octanol–water partition coefficient (Wildman–Crippen LogP) is 3.30. The lowest BCUT2D eigenvalue weighted by molar-refractivity contribution is -0.133. The third-order valence-corrected chi connectivity index (χ3v) is 4.92. The Balaban J connectivity index is 1.86. The van der Waals surface area contributed by atoms with E-state index >= 15 is 0 Å². The Morgan fingerprint density at radius 1 is 1.07 bits per heavy atom. The second-order valence-corrected chi connectivity index (χ2v) is 6.74. The van der Waals surface area contributed by atoms with Crippen LogP contribution in [0.15, 0.2) is 35.5 Å². The Morgan fingerprint density at radius 2 is 1.80 bits per heavy atom. The predicted molar refractivity (Wildman–Crippen MR) is 112 cm³/mol. The fraction of sp³-hybridized carbons (Fsp3) is 0.318. The molecule has 0 aliphatic heterocycles. The van der Waals surface area contributed by atoms with E-state index in [1.165, 1.54) is 20.3 Å². The molecule has 0 radical (unpaired) electrons. The molecule has 1 aliphatic carbocycles. The molecule has 30 heavy (non-hydrogen) atoms. The van der Waals surface area contributed by atoms with Crippen LogP contribution in [0.3, 0.4) is 0 Å². The normalized spacial score (nSPS) is 14.1. The van der Waals surface area contributed by atoms with E-state index in [9.17, 15) is 14.7 Å². The monoisotopic (exact) mass is 412 g/mol. The molecule has 1 aromatic heterocycles. The Kier molecular flexibility index (Phi) is 6.56. The summed E-state index contributed by atoms with van der Waals surface area (Å²) >= 11 is 0. The van der Waals surface area contributed by atoms with Crippen molar-refractivity contribution in [1.82, 2.24) is 10.3 Å². The number of pyridine rings is 1. The van der Waals surface area contributed by atoms with Crippen LogP contribution in [0.1, 0.15) is 31.4 Å². The number of methoxy groups -OCH3 is 3. The van der Waals surface area contributed by atoms with Crippen LogP contribution in [0.2, 0.25) is 0 Å². The SMILES string of the molecule is COc1cc2nc(/C=C/C(=O)NC3=C(C(=O)O)CCCC3)ccc2c(OC)c1OC. The van der Waals surface area contributed by atoms with Gasteiger partial charge in [-0.15, -0.1) is 0 Å². The van der Waals surface area contributed by atoms with Gasteiger partial charge in [0, 0.05) is 23.2 Å². The molecule has 1 aliphatic rings. The number of allylic oxidation sites excluding steroid dienone is 1. The number of nitrogens with zero attached hydrogens (tertiary/aromatic N) is 1.